The number of aryl methyl sites for hydroxylation is 2. The third-order valence-electron chi connectivity index (χ3n) is 5.53. The van der Waals surface area contributed by atoms with Gasteiger partial charge in [-0.2, -0.15) is 5.10 Å². The highest BCUT2D eigenvalue weighted by Crippen LogP contribution is 2.42. The Labute approximate surface area is 171 Å². The van der Waals surface area contributed by atoms with Gasteiger partial charge in [0.25, 0.3) is 0 Å². The minimum atomic E-state index is 0.152. The van der Waals surface area contributed by atoms with Gasteiger partial charge in [0.15, 0.2) is 0 Å². The van der Waals surface area contributed by atoms with E-state index in [-0.39, 0.29) is 5.92 Å². The van der Waals surface area contributed by atoms with Gasteiger partial charge in [0, 0.05) is 17.2 Å². The zero-order valence-electron chi connectivity index (χ0n) is 16.6. The summed E-state index contributed by atoms with van der Waals surface area (Å²) in [5.41, 5.74) is 8.17. The monoisotopic (exact) mass is 377 g/mol. The Morgan fingerprint density at radius 3 is 2.14 bits per heavy atom. The van der Waals surface area contributed by atoms with Crippen LogP contribution in [-0.2, 0) is 0 Å². The minimum Gasteiger partial charge on any atom is -0.340 e. The van der Waals surface area contributed by atoms with E-state index in [1.54, 1.807) is 0 Å². The van der Waals surface area contributed by atoms with Crippen LogP contribution in [0, 0.1) is 13.8 Å². The van der Waals surface area contributed by atoms with E-state index in [0.717, 1.165) is 22.9 Å². The maximum Gasteiger partial charge on any atom is 0.138 e. The highest BCUT2D eigenvalue weighted by atomic mass is 15.3. The molecule has 1 atom stereocenters. The number of allylic oxidation sites excluding steroid dienone is 1. The van der Waals surface area contributed by atoms with Crippen LogP contribution in [0.15, 0.2) is 91.0 Å². The fourth-order valence-corrected chi connectivity index (χ4v) is 4.03. The summed E-state index contributed by atoms with van der Waals surface area (Å²) >= 11 is 0. The molecular formula is C26H23N3. The van der Waals surface area contributed by atoms with Crippen molar-refractivity contribution in [2.75, 3.05) is 5.32 Å². The molecule has 0 bridgehead atoms. The van der Waals surface area contributed by atoms with Crippen LogP contribution < -0.4 is 5.32 Å². The first-order valence-corrected chi connectivity index (χ1v) is 9.96. The van der Waals surface area contributed by atoms with Gasteiger partial charge in [-0.05, 0) is 43.2 Å². The van der Waals surface area contributed by atoms with Crippen molar-refractivity contribution < 1.29 is 0 Å². The molecule has 0 fully saturated rings. The number of para-hydroxylation sites is 1. The second-order valence-corrected chi connectivity index (χ2v) is 7.55. The first-order valence-electron chi connectivity index (χ1n) is 9.96. The SMILES string of the molecule is Cc1ccc([C@H]2C=C(c3ccccc3)Nc3c2c(C)nn3-c2ccccc2)cc1. The zero-order valence-corrected chi connectivity index (χ0v) is 16.6. The number of anilines is 1. The number of nitrogens with one attached hydrogen (secondary N) is 1. The van der Waals surface area contributed by atoms with Crippen molar-refractivity contribution >= 4 is 11.5 Å². The number of hydrogen-bond donors (Lipinski definition) is 1. The Hall–Kier alpha value is -3.59. The lowest BCUT2D eigenvalue weighted by molar-refractivity contribution is 0.870. The summed E-state index contributed by atoms with van der Waals surface area (Å²) in [5, 5.41) is 8.58. The fraction of sp³-hybridized carbons (Fsp3) is 0.115. The van der Waals surface area contributed by atoms with Crippen LogP contribution in [0.2, 0.25) is 0 Å². The van der Waals surface area contributed by atoms with Gasteiger partial charge < -0.3 is 5.32 Å². The Kier molecular flexibility index (Phi) is 4.28. The molecule has 4 aromatic rings. The molecule has 1 aliphatic heterocycles. The minimum absolute atomic E-state index is 0.152. The van der Waals surface area contributed by atoms with E-state index in [1.165, 1.54) is 22.3 Å². The molecule has 0 spiro atoms. The molecule has 0 radical (unpaired) electrons. The Balaban J connectivity index is 1.71. The molecule has 1 aromatic heterocycles. The molecule has 29 heavy (non-hydrogen) atoms. The maximum atomic E-state index is 4.90. The first kappa shape index (κ1) is 17.5. The van der Waals surface area contributed by atoms with E-state index in [2.05, 4.69) is 85.9 Å². The largest absolute Gasteiger partial charge is 0.340 e. The molecule has 3 heteroatoms. The lowest BCUT2D eigenvalue weighted by Crippen LogP contribution is -2.15. The van der Waals surface area contributed by atoms with Gasteiger partial charge in [0.05, 0.1) is 11.4 Å². The predicted octanol–water partition coefficient (Wildman–Crippen LogP) is 6.09. The van der Waals surface area contributed by atoms with Crippen molar-refractivity contribution in [3.63, 3.8) is 0 Å². The van der Waals surface area contributed by atoms with E-state index < -0.39 is 0 Å². The van der Waals surface area contributed by atoms with E-state index in [0.29, 0.717) is 0 Å². The summed E-state index contributed by atoms with van der Waals surface area (Å²) in [6.07, 6.45) is 2.33. The van der Waals surface area contributed by atoms with Crippen LogP contribution in [0.1, 0.15) is 33.9 Å². The number of rotatable bonds is 3. The van der Waals surface area contributed by atoms with Crippen LogP contribution >= 0.6 is 0 Å². The topological polar surface area (TPSA) is 29.9 Å². The summed E-state index contributed by atoms with van der Waals surface area (Å²) in [7, 11) is 0. The normalized spacial score (nSPS) is 15.4. The van der Waals surface area contributed by atoms with Crippen LogP contribution in [0.3, 0.4) is 0 Å². The highest BCUT2D eigenvalue weighted by Gasteiger charge is 2.29. The number of benzene rings is 3. The van der Waals surface area contributed by atoms with Crippen molar-refractivity contribution in [1.29, 1.82) is 0 Å². The molecule has 1 aliphatic rings. The second kappa shape index (κ2) is 7.10. The van der Waals surface area contributed by atoms with Crippen molar-refractivity contribution in [2.24, 2.45) is 0 Å². The lowest BCUT2D eigenvalue weighted by Gasteiger charge is -2.25. The Bertz CT molecular complexity index is 1170. The van der Waals surface area contributed by atoms with Crippen molar-refractivity contribution in [3.05, 3.63) is 119 Å². The van der Waals surface area contributed by atoms with Gasteiger partial charge in [-0.15, -0.1) is 0 Å². The third kappa shape index (κ3) is 3.15. The summed E-state index contributed by atoms with van der Waals surface area (Å²) in [5.74, 6) is 1.19. The van der Waals surface area contributed by atoms with Crippen LogP contribution in [0.4, 0.5) is 5.82 Å². The maximum absolute atomic E-state index is 4.90. The first-order chi connectivity index (χ1) is 14.2. The average Bonchev–Trinajstić information content (AvgIpc) is 3.11. The van der Waals surface area contributed by atoms with Crippen LogP contribution in [-0.4, -0.2) is 9.78 Å². The molecule has 2 heterocycles. The summed E-state index contributed by atoms with van der Waals surface area (Å²) in [6.45, 7) is 4.23. The number of hydrogen-bond acceptors (Lipinski definition) is 2. The Morgan fingerprint density at radius 1 is 0.793 bits per heavy atom. The van der Waals surface area contributed by atoms with Gasteiger partial charge in [-0.3, -0.25) is 0 Å². The fourth-order valence-electron chi connectivity index (χ4n) is 4.03. The molecule has 5 rings (SSSR count). The molecule has 0 saturated carbocycles. The van der Waals surface area contributed by atoms with Gasteiger partial charge in [0.1, 0.15) is 5.82 Å². The van der Waals surface area contributed by atoms with Gasteiger partial charge >= 0.3 is 0 Å². The smallest absolute Gasteiger partial charge is 0.138 e. The average molecular weight is 377 g/mol. The molecule has 0 aliphatic carbocycles. The van der Waals surface area contributed by atoms with Crippen molar-refractivity contribution in [2.45, 2.75) is 19.8 Å². The molecule has 1 N–H and O–H groups in total. The number of fused-ring (bicyclic) bond motifs is 1. The van der Waals surface area contributed by atoms with Crippen LogP contribution in [0.5, 0.6) is 0 Å². The van der Waals surface area contributed by atoms with Crippen molar-refractivity contribution in [1.82, 2.24) is 9.78 Å². The van der Waals surface area contributed by atoms with Gasteiger partial charge in [0.2, 0.25) is 0 Å². The molecule has 0 saturated heterocycles. The molecule has 0 amide bonds. The number of aromatic nitrogens is 2. The molecule has 142 valence electrons. The van der Waals surface area contributed by atoms with Gasteiger partial charge in [-0.1, -0.05) is 78.4 Å². The van der Waals surface area contributed by atoms with Crippen LogP contribution in [0.25, 0.3) is 11.4 Å². The summed E-state index contributed by atoms with van der Waals surface area (Å²) in [4.78, 5) is 0. The summed E-state index contributed by atoms with van der Waals surface area (Å²) in [6, 6.07) is 29.6. The van der Waals surface area contributed by atoms with E-state index in [4.69, 9.17) is 5.10 Å². The summed E-state index contributed by atoms with van der Waals surface area (Å²) < 4.78 is 2.03. The third-order valence-corrected chi connectivity index (χ3v) is 5.53. The van der Waals surface area contributed by atoms with Crippen molar-refractivity contribution in [3.8, 4) is 5.69 Å². The van der Waals surface area contributed by atoms with E-state index in [1.807, 2.05) is 28.9 Å². The quantitative estimate of drug-likeness (QED) is 0.468. The number of nitrogens with zero attached hydrogens (tertiary/aromatic N) is 2. The predicted molar refractivity (Wildman–Crippen MR) is 119 cm³/mol. The Morgan fingerprint density at radius 2 is 1.45 bits per heavy atom. The zero-order chi connectivity index (χ0) is 19.8. The van der Waals surface area contributed by atoms with E-state index >= 15 is 0 Å². The lowest BCUT2D eigenvalue weighted by atomic mass is 9.86. The molecule has 3 aromatic carbocycles. The standard InChI is InChI=1S/C26H23N3/c1-18-13-15-20(16-14-18)23-17-24(21-9-5-3-6-10-21)27-26-25(23)19(2)28-29(26)22-11-7-4-8-12-22/h3-17,23,27H,1-2H3/t23-/m1/s1. The van der Waals surface area contributed by atoms with Gasteiger partial charge in [-0.25, -0.2) is 4.68 Å². The highest BCUT2D eigenvalue weighted by molar-refractivity contribution is 5.83. The molecular weight excluding hydrogens is 354 g/mol. The molecule has 3 nitrogen and oxygen atoms in total. The second-order valence-electron chi connectivity index (χ2n) is 7.55. The van der Waals surface area contributed by atoms with E-state index in [9.17, 15) is 0 Å². The molecule has 0 unspecified atom stereocenters.